The molecule has 0 heterocycles. The number of amides is 2. The summed E-state index contributed by atoms with van der Waals surface area (Å²) in [6.07, 6.45) is 2.03. The quantitative estimate of drug-likeness (QED) is 0.579. The van der Waals surface area contributed by atoms with Gasteiger partial charge in [-0.25, -0.2) is 4.79 Å². The molecular formula is C22H22N2OS. The Balaban J connectivity index is 1.66. The second-order valence-electron chi connectivity index (χ2n) is 5.94. The van der Waals surface area contributed by atoms with Gasteiger partial charge in [0.2, 0.25) is 0 Å². The normalized spacial score (nSPS) is 10.5. The van der Waals surface area contributed by atoms with Gasteiger partial charge in [0.15, 0.2) is 0 Å². The fraction of sp³-hybridized carbons (Fsp3) is 0.136. The highest BCUT2D eigenvalue weighted by Crippen LogP contribution is 2.23. The Labute approximate surface area is 158 Å². The van der Waals surface area contributed by atoms with Crippen molar-refractivity contribution < 1.29 is 4.79 Å². The zero-order chi connectivity index (χ0) is 18.2. The lowest BCUT2D eigenvalue weighted by Crippen LogP contribution is -2.32. The molecule has 2 amide bonds. The molecule has 0 bridgehead atoms. The Hall–Kier alpha value is -2.72. The lowest BCUT2D eigenvalue weighted by molar-refractivity contribution is 0.252. The minimum Gasteiger partial charge on any atom is -0.337 e. The van der Waals surface area contributed by atoms with Crippen LogP contribution in [0.1, 0.15) is 17.0 Å². The van der Waals surface area contributed by atoms with Crippen LogP contribution in [0.25, 0.3) is 0 Å². The van der Waals surface area contributed by atoms with E-state index in [2.05, 4.69) is 34.9 Å². The van der Waals surface area contributed by atoms with Crippen LogP contribution in [0.4, 0.5) is 10.5 Å². The van der Waals surface area contributed by atoms with Gasteiger partial charge in [-0.15, -0.1) is 11.8 Å². The number of hydrogen-bond donors (Lipinski definition) is 2. The van der Waals surface area contributed by atoms with E-state index in [4.69, 9.17) is 0 Å². The second-order valence-corrected chi connectivity index (χ2v) is 6.82. The molecule has 3 nitrogen and oxygen atoms in total. The van der Waals surface area contributed by atoms with Gasteiger partial charge in [-0.1, -0.05) is 60.7 Å². The van der Waals surface area contributed by atoms with E-state index in [9.17, 15) is 4.79 Å². The average Bonchev–Trinajstić information content (AvgIpc) is 2.70. The molecule has 0 aromatic heterocycles. The van der Waals surface area contributed by atoms with Crippen molar-refractivity contribution in [2.75, 3.05) is 18.1 Å². The number of rotatable bonds is 6. The minimum atomic E-state index is -0.196. The van der Waals surface area contributed by atoms with Crippen molar-refractivity contribution in [3.05, 3.63) is 96.1 Å². The van der Waals surface area contributed by atoms with Crippen LogP contribution in [0.3, 0.4) is 0 Å². The summed E-state index contributed by atoms with van der Waals surface area (Å²) in [4.78, 5) is 13.5. The molecule has 0 aliphatic rings. The summed E-state index contributed by atoms with van der Waals surface area (Å²) in [5, 5.41) is 5.89. The largest absolute Gasteiger partial charge is 0.337 e. The number of carbonyl (C=O) groups excluding carboxylic acids is 1. The standard InChI is InChI=1S/C22H22N2OS/c1-26-20-14-12-19(13-15-20)24-22(25)23-16-21(17-8-4-2-5-9-17)18-10-6-3-7-11-18/h2-15,21H,16H2,1H3,(H2,23,24,25). The Morgan fingerprint density at radius 2 is 1.38 bits per heavy atom. The third-order valence-electron chi connectivity index (χ3n) is 4.22. The molecule has 0 unspecified atom stereocenters. The monoisotopic (exact) mass is 362 g/mol. The Kier molecular flexibility index (Phi) is 6.34. The number of hydrogen-bond acceptors (Lipinski definition) is 2. The maximum atomic E-state index is 12.3. The summed E-state index contributed by atoms with van der Waals surface area (Å²) in [6.45, 7) is 0.531. The number of anilines is 1. The van der Waals surface area contributed by atoms with E-state index in [1.165, 1.54) is 16.0 Å². The number of carbonyl (C=O) groups is 1. The molecule has 3 aromatic rings. The van der Waals surface area contributed by atoms with Crippen LogP contribution in [0.5, 0.6) is 0 Å². The molecule has 3 aromatic carbocycles. The van der Waals surface area contributed by atoms with Crippen molar-refractivity contribution in [3.63, 3.8) is 0 Å². The van der Waals surface area contributed by atoms with Crippen LogP contribution in [-0.2, 0) is 0 Å². The van der Waals surface area contributed by atoms with Gasteiger partial charge in [0.05, 0.1) is 0 Å². The fourth-order valence-corrected chi connectivity index (χ4v) is 3.25. The van der Waals surface area contributed by atoms with Crippen LogP contribution in [0.2, 0.25) is 0 Å². The van der Waals surface area contributed by atoms with E-state index in [0.717, 1.165) is 5.69 Å². The molecule has 0 fully saturated rings. The maximum Gasteiger partial charge on any atom is 0.319 e. The SMILES string of the molecule is CSc1ccc(NC(=O)NCC(c2ccccc2)c2ccccc2)cc1. The predicted octanol–water partition coefficient (Wildman–Crippen LogP) is 5.36. The molecule has 0 saturated carbocycles. The average molecular weight is 362 g/mol. The van der Waals surface area contributed by atoms with Gasteiger partial charge in [0.25, 0.3) is 0 Å². The molecule has 0 spiro atoms. The zero-order valence-electron chi connectivity index (χ0n) is 14.7. The first-order chi connectivity index (χ1) is 12.8. The fourth-order valence-electron chi connectivity index (χ4n) is 2.84. The number of urea groups is 1. The highest BCUT2D eigenvalue weighted by Gasteiger charge is 2.15. The van der Waals surface area contributed by atoms with E-state index in [1.54, 1.807) is 11.8 Å². The summed E-state index contributed by atoms with van der Waals surface area (Å²) >= 11 is 1.68. The number of nitrogens with one attached hydrogen (secondary N) is 2. The van der Waals surface area contributed by atoms with Crippen LogP contribution < -0.4 is 10.6 Å². The van der Waals surface area contributed by atoms with Gasteiger partial charge in [-0.3, -0.25) is 0 Å². The molecule has 132 valence electrons. The molecule has 0 radical (unpaired) electrons. The molecule has 0 aliphatic heterocycles. The summed E-state index contributed by atoms with van der Waals surface area (Å²) in [5.41, 5.74) is 3.16. The Bertz CT molecular complexity index is 780. The minimum absolute atomic E-state index is 0.113. The first-order valence-corrected chi connectivity index (χ1v) is 9.77. The van der Waals surface area contributed by atoms with E-state index >= 15 is 0 Å². The third-order valence-corrected chi connectivity index (χ3v) is 4.96. The summed E-state index contributed by atoms with van der Waals surface area (Å²) < 4.78 is 0. The number of benzene rings is 3. The van der Waals surface area contributed by atoms with E-state index < -0.39 is 0 Å². The van der Waals surface area contributed by atoms with Crippen molar-refractivity contribution >= 4 is 23.5 Å². The van der Waals surface area contributed by atoms with Crippen LogP contribution in [-0.4, -0.2) is 18.8 Å². The van der Waals surface area contributed by atoms with Crippen molar-refractivity contribution in [2.24, 2.45) is 0 Å². The lowest BCUT2D eigenvalue weighted by Gasteiger charge is -2.19. The highest BCUT2D eigenvalue weighted by atomic mass is 32.2. The molecule has 0 aliphatic carbocycles. The summed E-state index contributed by atoms with van der Waals surface area (Å²) in [6, 6.07) is 28.1. The lowest BCUT2D eigenvalue weighted by atomic mass is 9.91. The molecule has 0 atom stereocenters. The molecule has 26 heavy (non-hydrogen) atoms. The third kappa shape index (κ3) is 4.90. The smallest absolute Gasteiger partial charge is 0.319 e. The van der Waals surface area contributed by atoms with Gasteiger partial charge < -0.3 is 10.6 Å². The van der Waals surface area contributed by atoms with Crippen LogP contribution in [0.15, 0.2) is 89.8 Å². The summed E-state index contributed by atoms with van der Waals surface area (Å²) in [7, 11) is 0. The van der Waals surface area contributed by atoms with Gasteiger partial charge >= 0.3 is 6.03 Å². The molecule has 0 saturated heterocycles. The molecule has 2 N–H and O–H groups in total. The number of thioether (sulfide) groups is 1. The first kappa shape index (κ1) is 18.1. The van der Waals surface area contributed by atoms with Crippen molar-refractivity contribution in [3.8, 4) is 0 Å². The second kappa shape index (κ2) is 9.11. The highest BCUT2D eigenvalue weighted by molar-refractivity contribution is 7.98. The van der Waals surface area contributed by atoms with E-state index in [1.807, 2.05) is 66.9 Å². The van der Waals surface area contributed by atoms with Crippen LogP contribution >= 0.6 is 11.8 Å². The van der Waals surface area contributed by atoms with E-state index in [0.29, 0.717) is 6.54 Å². The first-order valence-electron chi connectivity index (χ1n) is 8.55. The van der Waals surface area contributed by atoms with Crippen LogP contribution in [0, 0.1) is 0 Å². The molecular weight excluding hydrogens is 340 g/mol. The Morgan fingerprint density at radius 3 is 1.88 bits per heavy atom. The Morgan fingerprint density at radius 1 is 0.846 bits per heavy atom. The topological polar surface area (TPSA) is 41.1 Å². The maximum absolute atomic E-state index is 12.3. The zero-order valence-corrected chi connectivity index (χ0v) is 15.5. The van der Waals surface area contributed by atoms with Gasteiger partial charge in [0, 0.05) is 23.0 Å². The van der Waals surface area contributed by atoms with Crippen molar-refractivity contribution in [2.45, 2.75) is 10.8 Å². The van der Waals surface area contributed by atoms with E-state index in [-0.39, 0.29) is 11.9 Å². The van der Waals surface area contributed by atoms with Gasteiger partial charge in [-0.05, 0) is 41.6 Å². The van der Waals surface area contributed by atoms with Crippen molar-refractivity contribution in [1.29, 1.82) is 0 Å². The summed E-state index contributed by atoms with van der Waals surface area (Å²) in [5.74, 6) is 0.113. The molecule has 4 heteroatoms. The molecule has 3 rings (SSSR count). The van der Waals surface area contributed by atoms with Gasteiger partial charge in [0.1, 0.15) is 0 Å². The van der Waals surface area contributed by atoms with Gasteiger partial charge in [-0.2, -0.15) is 0 Å². The van der Waals surface area contributed by atoms with Crippen molar-refractivity contribution in [1.82, 2.24) is 5.32 Å². The predicted molar refractivity (Wildman–Crippen MR) is 110 cm³/mol.